The van der Waals surface area contributed by atoms with E-state index in [1.54, 1.807) is 0 Å². The molecule has 1 amide bonds. The molecule has 3 rings (SSSR count). The molecule has 2 atom stereocenters. The molecule has 126 valence electrons. The molecular formula is C18H24Cl2N2O. The molecule has 1 aliphatic carbocycles. The van der Waals surface area contributed by atoms with E-state index < -0.39 is 0 Å². The molecule has 1 heterocycles. The first-order valence-corrected chi connectivity index (χ1v) is 9.30. The zero-order valence-corrected chi connectivity index (χ0v) is 15.0. The zero-order chi connectivity index (χ0) is 16.4. The van der Waals surface area contributed by atoms with Crippen LogP contribution < -0.4 is 5.32 Å². The van der Waals surface area contributed by atoms with Crippen molar-refractivity contribution in [3.05, 3.63) is 33.8 Å². The number of rotatable bonds is 5. The normalized spacial score (nSPS) is 24.7. The van der Waals surface area contributed by atoms with Crippen molar-refractivity contribution in [1.82, 2.24) is 10.2 Å². The number of benzene rings is 1. The summed E-state index contributed by atoms with van der Waals surface area (Å²) in [5, 5.41) is 4.56. The van der Waals surface area contributed by atoms with Crippen molar-refractivity contribution in [3.63, 3.8) is 0 Å². The predicted octanol–water partition coefficient (Wildman–Crippen LogP) is 3.95. The average molecular weight is 355 g/mol. The summed E-state index contributed by atoms with van der Waals surface area (Å²) in [4.78, 5) is 14.7. The lowest BCUT2D eigenvalue weighted by molar-refractivity contribution is -0.134. The Morgan fingerprint density at radius 3 is 2.65 bits per heavy atom. The smallest absolute Gasteiger partial charge is 0.226 e. The van der Waals surface area contributed by atoms with Gasteiger partial charge in [-0.05, 0) is 61.9 Å². The van der Waals surface area contributed by atoms with Crippen molar-refractivity contribution < 1.29 is 4.79 Å². The van der Waals surface area contributed by atoms with Crippen molar-refractivity contribution in [2.45, 2.75) is 32.1 Å². The maximum Gasteiger partial charge on any atom is 0.226 e. The quantitative estimate of drug-likeness (QED) is 0.868. The Hall–Kier alpha value is -0.770. The van der Waals surface area contributed by atoms with Gasteiger partial charge in [0.15, 0.2) is 0 Å². The van der Waals surface area contributed by atoms with E-state index in [0.29, 0.717) is 27.8 Å². The minimum Gasteiger partial charge on any atom is -0.342 e. The van der Waals surface area contributed by atoms with E-state index in [4.69, 9.17) is 23.2 Å². The summed E-state index contributed by atoms with van der Waals surface area (Å²) in [7, 11) is 0. The molecule has 1 saturated heterocycles. The largest absolute Gasteiger partial charge is 0.342 e. The Morgan fingerprint density at radius 2 is 2.00 bits per heavy atom. The third-order valence-electron chi connectivity index (χ3n) is 5.09. The molecule has 23 heavy (non-hydrogen) atoms. The topological polar surface area (TPSA) is 32.3 Å². The molecule has 5 heteroatoms. The van der Waals surface area contributed by atoms with Crippen LogP contribution in [0, 0.1) is 11.8 Å². The first kappa shape index (κ1) is 17.1. The van der Waals surface area contributed by atoms with Gasteiger partial charge in [-0.3, -0.25) is 4.79 Å². The fraction of sp³-hybridized carbons (Fsp3) is 0.611. The summed E-state index contributed by atoms with van der Waals surface area (Å²) >= 11 is 12.1. The molecule has 0 radical (unpaired) electrons. The van der Waals surface area contributed by atoms with Gasteiger partial charge in [0.05, 0.1) is 10.0 Å². The minimum atomic E-state index is 0.137. The molecule has 2 fully saturated rings. The second-order valence-electron chi connectivity index (χ2n) is 6.70. The minimum absolute atomic E-state index is 0.137. The fourth-order valence-corrected chi connectivity index (χ4v) is 3.83. The van der Waals surface area contributed by atoms with Crippen LogP contribution in [-0.4, -0.2) is 37.0 Å². The first-order chi connectivity index (χ1) is 11.1. The highest BCUT2D eigenvalue weighted by atomic mass is 35.5. The molecule has 2 aliphatic rings. The summed E-state index contributed by atoms with van der Waals surface area (Å²) in [5.74, 6) is 1.49. The molecule has 2 unspecified atom stereocenters. The van der Waals surface area contributed by atoms with Crippen molar-refractivity contribution in [2.75, 3.05) is 26.2 Å². The molecule has 1 saturated carbocycles. The summed E-state index contributed by atoms with van der Waals surface area (Å²) in [6.45, 7) is 6.04. The molecule has 1 N–H and O–H groups in total. The molecule has 3 nitrogen and oxygen atoms in total. The Balaban J connectivity index is 1.51. The number of nitrogens with one attached hydrogen (secondary N) is 1. The second kappa shape index (κ2) is 7.42. The highest BCUT2D eigenvalue weighted by Gasteiger charge is 2.46. The molecule has 1 aromatic rings. The number of hydrogen-bond acceptors (Lipinski definition) is 2. The van der Waals surface area contributed by atoms with Crippen molar-refractivity contribution in [3.8, 4) is 0 Å². The Morgan fingerprint density at radius 1 is 1.26 bits per heavy atom. The molecule has 0 bridgehead atoms. The number of halogens is 2. The summed E-state index contributed by atoms with van der Waals surface area (Å²) in [6, 6.07) is 5.73. The lowest BCUT2D eigenvalue weighted by Crippen LogP contribution is -2.41. The molecule has 1 aromatic carbocycles. The Kier molecular flexibility index (Phi) is 5.50. The van der Waals surface area contributed by atoms with E-state index in [9.17, 15) is 4.79 Å². The van der Waals surface area contributed by atoms with E-state index in [0.717, 1.165) is 51.0 Å². The van der Waals surface area contributed by atoms with Crippen LogP contribution in [-0.2, 0) is 4.79 Å². The zero-order valence-electron chi connectivity index (χ0n) is 13.5. The monoisotopic (exact) mass is 354 g/mol. The number of carbonyl (C=O) groups is 1. The van der Waals surface area contributed by atoms with Gasteiger partial charge in [-0.25, -0.2) is 0 Å². The van der Waals surface area contributed by atoms with E-state index in [2.05, 4.69) is 17.1 Å². The number of amides is 1. The third-order valence-corrected chi connectivity index (χ3v) is 5.83. The maximum absolute atomic E-state index is 12.7. The molecular weight excluding hydrogens is 331 g/mol. The van der Waals surface area contributed by atoms with Gasteiger partial charge in [0.25, 0.3) is 0 Å². The van der Waals surface area contributed by atoms with Gasteiger partial charge in [-0.2, -0.15) is 0 Å². The highest BCUT2D eigenvalue weighted by Crippen LogP contribution is 2.49. The number of carbonyl (C=O) groups excluding carboxylic acids is 1. The van der Waals surface area contributed by atoms with Crippen LogP contribution in [0.2, 0.25) is 10.0 Å². The number of likely N-dealkylation sites (tertiary alicyclic amines) is 1. The highest BCUT2D eigenvalue weighted by molar-refractivity contribution is 6.42. The van der Waals surface area contributed by atoms with Crippen LogP contribution in [0.15, 0.2) is 18.2 Å². The fourth-order valence-electron chi connectivity index (χ4n) is 3.52. The van der Waals surface area contributed by atoms with Crippen molar-refractivity contribution in [1.29, 1.82) is 0 Å². The van der Waals surface area contributed by atoms with E-state index in [1.165, 1.54) is 0 Å². The Labute approximate surface area is 148 Å². The lowest BCUT2D eigenvalue weighted by atomic mass is 9.96. The van der Waals surface area contributed by atoms with E-state index in [-0.39, 0.29) is 5.92 Å². The SMILES string of the molecule is CCNCC1CCN(C(=O)C2CC2c2ccc(Cl)c(Cl)c2)CC1. The van der Waals surface area contributed by atoms with Crippen LogP contribution in [0.1, 0.15) is 37.7 Å². The summed E-state index contributed by atoms with van der Waals surface area (Å²) < 4.78 is 0. The van der Waals surface area contributed by atoms with Crippen LogP contribution in [0.25, 0.3) is 0 Å². The number of piperidine rings is 1. The van der Waals surface area contributed by atoms with E-state index >= 15 is 0 Å². The van der Waals surface area contributed by atoms with Gasteiger partial charge >= 0.3 is 0 Å². The van der Waals surface area contributed by atoms with Crippen LogP contribution in [0.5, 0.6) is 0 Å². The van der Waals surface area contributed by atoms with Gasteiger partial charge in [-0.1, -0.05) is 36.2 Å². The van der Waals surface area contributed by atoms with Crippen LogP contribution >= 0.6 is 23.2 Å². The standard InChI is InChI=1S/C18H24Cl2N2O/c1-2-21-11-12-5-7-22(8-6-12)18(23)15-10-14(15)13-3-4-16(19)17(20)9-13/h3-4,9,12,14-15,21H,2,5-8,10-11H2,1H3. The first-order valence-electron chi connectivity index (χ1n) is 8.54. The number of hydrogen-bond donors (Lipinski definition) is 1. The molecule has 0 spiro atoms. The van der Waals surface area contributed by atoms with E-state index in [1.807, 2.05) is 18.2 Å². The molecule has 0 aromatic heterocycles. The van der Waals surface area contributed by atoms with Gasteiger partial charge in [-0.15, -0.1) is 0 Å². The van der Waals surface area contributed by atoms with Crippen molar-refractivity contribution >= 4 is 29.1 Å². The Bertz CT molecular complexity index is 570. The average Bonchev–Trinajstić information content (AvgIpc) is 3.36. The lowest BCUT2D eigenvalue weighted by Gasteiger charge is -2.32. The summed E-state index contributed by atoms with van der Waals surface area (Å²) in [5.41, 5.74) is 1.14. The van der Waals surface area contributed by atoms with Gasteiger partial charge in [0.2, 0.25) is 5.91 Å². The van der Waals surface area contributed by atoms with Crippen LogP contribution in [0.4, 0.5) is 0 Å². The van der Waals surface area contributed by atoms with Crippen LogP contribution in [0.3, 0.4) is 0 Å². The van der Waals surface area contributed by atoms with Gasteiger partial charge in [0, 0.05) is 19.0 Å². The van der Waals surface area contributed by atoms with Gasteiger partial charge < -0.3 is 10.2 Å². The van der Waals surface area contributed by atoms with Gasteiger partial charge in [0.1, 0.15) is 0 Å². The maximum atomic E-state index is 12.7. The predicted molar refractivity (Wildman–Crippen MR) is 95.2 cm³/mol. The van der Waals surface area contributed by atoms with Crippen molar-refractivity contribution in [2.24, 2.45) is 11.8 Å². The summed E-state index contributed by atoms with van der Waals surface area (Å²) in [6.07, 6.45) is 3.17. The molecule has 1 aliphatic heterocycles. The second-order valence-corrected chi connectivity index (χ2v) is 7.51. The third kappa shape index (κ3) is 4.01. The number of nitrogens with zero attached hydrogens (tertiary/aromatic N) is 1.